The van der Waals surface area contributed by atoms with Gasteiger partial charge in [0.15, 0.2) is 5.16 Å². The van der Waals surface area contributed by atoms with E-state index in [1.807, 2.05) is 55.1 Å². The van der Waals surface area contributed by atoms with E-state index in [4.69, 9.17) is 4.52 Å². The van der Waals surface area contributed by atoms with Gasteiger partial charge in [-0.2, -0.15) is 0 Å². The molecule has 0 aliphatic rings. The van der Waals surface area contributed by atoms with Crippen LogP contribution in [0, 0.1) is 13.8 Å². The van der Waals surface area contributed by atoms with Crippen LogP contribution < -0.4 is 0 Å². The molecular formula is C18H20N4O2S. The van der Waals surface area contributed by atoms with Gasteiger partial charge in [-0.1, -0.05) is 16.9 Å². The van der Waals surface area contributed by atoms with Crippen LogP contribution in [0.5, 0.6) is 0 Å². The normalized spacial score (nSPS) is 10.9. The van der Waals surface area contributed by atoms with E-state index in [9.17, 15) is 4.79 Å². The topological polar surface area (TPSA) is 64.2 Å². The molecular weight excluding hydrogens is 336 g/mol. The first-order valence-electron chi connectivity index (χ1n) is 7.86. The van der Waals surface area contributed by atoms with Crippen molar-refractivity contribution >= 4 is 17.7 Å². The zero-order valence-electron chi connectivity index (χ0n) is 14.7. The van der Waals surface area contributed by atoms with Gasteiger partial charge in [0.2, 0.25) is 0 Å². The second-order valence-corrected chi connectivity index (χ2v) is 6.57. The summed E-state index contributed by atoms with van der Waals surface area (Å²) in [7, 11) is 1.78. The zero-order chi connectivity index (χ0) is 18.0. The number of imidazole rings is 1. The minimum atomic E-state index is -0.0396. The van der Waals surface area contributed by atoms with Gasteiger partial charge in [0.05, 0.1) is 12.2 Å². The van der Waals surface area contributed by atoms with Gasteiger partial charge in [-0.05, 0) is 44.4 Å². The van der Waals surface area contributed by atoms with E-state index in [-0.39, 0.29) is 5.91 Å². The Bertz CT molecular complexity index is 863. The van der Waals surface area contributed by atoms with Crippen LogP contribution in [-0.2, 0) is 6.54 Å². The van der Waals surface area contributed by atoms with Gasteiger partial charge in [-0.15, -0.1) is 0 Å². The van der Waals surface area contributed by atoms with Gasteiger partial charge < -0.3 is 9.42 Å². The number of thioether (sulfide) groups is 1. The molecule has 6 nitrogen and oxygen atoms in total. The highest BCUT2D eigenvalue weighted by atomic mass is 32.2. The minimum Gasteiger partial charge on any atom is -0.361 e. The fourth-order valence-corrected chi connectivity index (χ4v) is 3.19. The van der Waals surface area contributed by atoms with E-state index < -0.39 is 0 Å². The summed E-state index contributed by atoms with van der Waals surface area (Å²) in [6.45, 7) is 4.21. The average molecular weight is 356 g/mol. The van der Waals surface area contributed by atoms with Gasteiger partial charge in [0, 0.05) is 36.3 Å². The van der Waals surface area contributed by atoms with Crippen molar-refractivity contribution in [3.63, 3.8) is 0 Å². The number of nitrogens with zero attached hydrogens (tertiary/aromatic N) is 4. The maximum absolute atomic E-state index is 12.7. The molecule has 1 amide bonds. The van der Waals surface area contributed by atoms with E-state index in [0.717, 1.165) is 27.9 Å². The number of aryl methyl sites for hydroxylation is 2. The highest BCUT2D eigenvalue weighted by Gasteiger charge is 2.17. The quantitative estimate of drug-likeness (QED) is 0.655. The number of aromatic nitrogens is 3. The third-order valence-corrected chi connectivity index (χ3v) is 4.77. The standard InChI is InChI=1S/C18H20N4O2S/c1-12-16(13(2)24-20-12)11-21(3)17(23)14-5-7-15(8-6-14)22-10-9-19-18(22)25-4/h5-10H,11H2,1-4H3. The van der Waals surface area contributed by atoms with Crippen molar-refractivity contribution in [2.24, 2.45) is 0 Å². The highest BCUT2D eigenvalue weighted by Crippen LogP contribution is 2.20. The van der Waals surface area contributed by atoms with Crippen LogP contribution in [0.2, 0.25) is 0 Å². The monoisotopic (exact) mass is 356 g/mol. The number of carbonyl (C=O) groups excluding carboxylic acids is 1. The SMILES string of the molecule is CSc1nccn1-c1ccc(C(=O)N(C)Cc2c(C)noc2C)cc1. The Morgan fingerprint density at radius 3 is 2.60 bits per heavy atom. The fraction of sp³-hybridized carbons (Fsp3) is 0.278. The van der Waals surface area contributed by atoms with Gasteiger partial charge in [0.25, 0.3) is 5.91 Å². The van der Waals surface area contributed by atoms with Crippen LogP contribution in [0.3, 0.4) is 0 Å². The lowest BCUT2D eigenvalue weighted by molar-refractivity contribution is 0.0784. The molecule has 25 heavy (non-hydrogen) atoms. The lowest BCUT2D eigenvalue weighted by atomic mass is 10.1. The Morgan fingerprint density at radius 1 is 1.28 bits per heavy atom. The predicted octanol–water partition coefficient (Wildman–Crippen LogP) is 3.47. The highest BCUT2D eigenvalue weighted by molar-refractivity contribution is 7.98. The molecule has 3 aromatic rings. The molecule has 0 atom stereocenters. The molecule has 0 aliphatic heterocycles. The smallest absolute Gasteiger partial charge is 0.253 e. The maximum atomic E-state index is 12.7. The molecule has 0 aliphatic carbocycles. The van der Waals surface area contributed by atoms with Crippen LogP contribution in [-0.4, -0.2) is 38.8 Å². The molecule has 1 aromatic carbocycles. The predicted molar refractivity (Wildman–Crippen MR) is 97.1 cm³/mol. The van der Waals surface area contributed by atoms with Crippen LogP contribution in [0.4, 0.5) is 0 Å². The Kier molecular flexibility index (Phi) is 4.94. The Balaban J connectivity index is 1.76. The number of amides is 1. The number of carbonyl (C=O) groups is 1. The van der Waals surface area contributed by atoms with Gasteiger partial charge in [-0.3, -0.25) is 9.36 Å². The summed E-state index contributed by atoms with van der Waals surface area (Å²) in [5.41, 5.74) is 3.39. The molecule has 0 radical (unpaired) electrons. The first-order valence-corrected chi connectivity index (χ1v) is 9.08. The molecule has 0 spiro atoms. The van der Waals surface area contributed by atoms with Gasteiger partial charge in [0.1, 0.15) is 5.76 Å². The van der Waals surface area contributed by atoms with Crippen LogP contribution >= 0.6 is 11.8 Å². The molecule has 2 heterocycles. The van der Waals surface area contributed by atoms with Gasteiger partial charge >= 0.3 is 0 Å². The fourth-order valence-electron chi connectivity index (χ4n) is 2.66. The molecule has 3 rings (SSSR count). The summed E-state index contributed by atoms with van der Waals surface area (Å²) in [5.74, 6) is 0.708. The number of hydrogen-bond donors (Lipinski definition) is 0. The summed E-state index contributed by atoms with van der Waals surface area (Å²) in [4.78, 5) is 18.6. The summed E-state index contributed by atoms with van der Waals surface area (Å²) in [5, 5.41) is 4.85. The molecule has 0 N–H and O–H groups in total. The van der Waals surface area contributed by atoms with Crippen LogP contribution in [0.25, 0.3) is 5.69 Å². The van der Waals surface area contributed by atoms with E-state index in [0.29, 0.717) is 12.1 Å². The molecule has 0 saturated heterocycles. The maximum Gasteiger partial charge on any atom is 0.253 e. The lowest BCUT2D eigenvalue weighted by Gasteiger charge is -2.17. The van der Waals surface area contributed by atoms with Crippen LogP contribution in [0.15, 0.2) is 46.3 Å². The summed E-state index contributed by atoms with van der Waals surface area (Å²) < 4.78 is 7.15. The molecule has 0 fully saturated rings. The molecule has 0 bridgehead atoms. The molecule has 130 valence electrons. The van der Waals surface area contributed by atoms with Crippen molar-refractivity contribution in [3.8, 4) is 5.69 Å². The first kappa shape index (κ1) is 17.3. The minimum absolute atomic E-state index is 0.0396. The van der Waals surface area contributed by atoms with Gasteiger partial charge in [-0.25, -0.2) is 4.98 Å². The number of benzene rings is 1. The molecule has 0 unspecified atom stereocenters. The Labute approximate surface area is 150 Å². The second kappa shape index (κ2) is 7.14. The van der Waals surface area contributed by atoms with Crippen molar-refractivity contribution in [2.75, 3.05) is 13.3 Å². The Morgan fingerprint density at radius 2 is 2.00 bits per heavy atom. The third-order valence-electron chi connectivity index (χ3n) is 4.10. The summed E-state index contributed by atoms with van der Waals surface area (Å²) >= 11 is 1.58. The van der Waals surface area contributed by atoms with Crippen molar-refractivity contribution in [2.45, 2.75) is 25.5 Å². The molecule has 7 heteroatoms. The van der Waals surface area contributed by atoms with E-state index in [1.54, 1.807) is 29.9 Å². The number of rotatable bonds is 5. The molecule has 0 saturated carbocycles. The second-order valence-electron chi connectivity index (χ2n) is 5.79. The lowest BCUT2D eigenvalue weighted by Crippen LogP contribution is -2.26. The molecule has 2 aromatic heterocycles. The van der Waals surface area contributed by atoms with Crippen molar-refractivity contribution < 1.29 is 9.32 Å². The van der Waals surface area contributed by atoms with Crippen molar-refractivity contribution in [1.29, 1.82) is 0 Å². The summed E-state index contributed by atoms with van der Waals surface area (Å²) in [6.07, 6.45) is 5.66. The first-order chi connectivity index (χ1) is 12.0. The van der Waals surface area contributed by atoms with Crippen molar-refractivity contribution in [3.05, 3.63) is 59.2 Å². The average Bonchev–Trinajstić information content (AvgIpc) is 3.23. The van der Waals surface area contributed by atoms with E-state index in [2.05, 4.69) is 10.1 Å². The third kappa shape index (κ3) is 3.46. The van der Waals surface area contributed by atoms with Crippen LogP contribution in [0.1, 0.15) is 27.4 Å². The van der Waals surface area contributed by atoms with E-state index >= 15 is 0 Å². The zero-order valence-corrected chi connectivity index (χ0v) is 15.5. The largest absolute Gasteiger partial charge is 0.361 e. The van der Waals surface area contributed by atoms with Crippen molar-refractivity contribution in [1.82, 2.24) is 19.6 Å². The number of hydrogen-bond acceptors (Lipinski definition) is 5. The van der Waals surface area contributed by atoms with E-state index in [1.165, 1.54) is 0 Å². The Hall–Kier alpha value is -2.54. The summed E-state index contributed by atoms with van der Waals surface area (Å²) in [6, 6.07) is 7.54.